The van der Waals surface area contributed by atoms with Crippen molar-refractivity contribution in [2.45, 2.75) is 18.9 Å². The molecule has 0 amide bonds. The molecule has 0 aliphatic carbocycles. The van der Waals surface area contributed by atoms with Crippen molar-refractivity contribution in [3.63, 3.8) is 0 Å². The summed E-state index contributed by atoms with van der Waals surface area (Å²) in [6.45, 7) is 1.42. The van der Waals surface area contributed by atoms with Crippen molar-refractivity contribution in [2.24, 2.45) is 5.92 Å². The van der Waals surface area contributed by atoms with E-state index in [2.05, 4.69) is 5.32 Å². The molecule has 1 heterocycles. The Bertz CT molecular complexity index is 357. The quantitative estimate of drug-likeness (QED) is 0.878. The molecule has 2 atom stereocenters. The van der Waals surface area contributed by atoms with Crippen molar-refractivity contribution in [1.29, 1.82) is 0 Å². The van der Waals surface area contributed by atoms with Gasteiger partial charge in [0, 0.05) is 24.6 Å². The maximum Gasteiger partial charge on any atom is 0.126 e. The summed E-state index contributed by atoms with van der Waals surface area (Å²) < 4.78 is 31.8. The van der Waals surface area contributed by atoms with Crippen LogP contribution in [0.4, 0.5) is 8.78 Å². The van der Waals surface area contributed by atoms with Crippen LogP contribution >= 0.6 is 0 Å². The summed E-state index contributed by atoms with van der Waals surface area (Å²) in [6, 6.07) is 3.62. The second kappa shape index (κ2) is 5.56. The van der Waals surface area contributed by atoms with Gasteiger partial charge >= 0.3 is 0 Å². The van der Waals surface area contributed by atoms with E-state index in [9.17, 15) is 8.78 Å². The number of hydrogen-bond acceptors (Lipinski definition) is 2. The minimum absolute atomic E-state index is 0.0551. The first-order valence-electron chi connectivity index (χ1n) is 5.91. The molecular formula is C13H17F2NO. The lowest BCUT2D eigenvalue weighted by Gasteiger charge is -2.30. The Labute approximate surface area is 100.0 Å². The Balaban J connectivity index is 2.21. The molecule has 17 heavy (non-hydrogen) atoms. The number of benzene rings is 1. The fourth-order valence-electron chi connectivity index (χ4n) is 2.46. The van der Waals surface area contributed by atoms with Crippen molar-refractivity contribution >= 4 is 0 Å². The zero-order chi connectivity index (χ0) is 12.3. The second-order valence-corrected chi connectivity index (χ2v) is 4.45. The van der Waals surface area contributed by atoms with Crippen LogP contribution < -0.4 is 5.32 Å². The van der Waals surface area contributed by atoms with Gasteiger partial charge < -0.3 is 10.1 Å². The van der Waals surface area contributed by atoms with Crippen molar-refractivity contribution in [3.05, 3.63) is 35.4 Å². The molecule has 0 radical (unpaired) electrons. The minimum atomic E-state index is -0.531. The Kier molecular flexibility index (Phi) is 4.07. The monoisotopic (exact) mass is 241 g/mol. The van der Waals surface area contributed by atoms with Gasteiger partial charge in [0.25, 0.3) is 0 Å². The number of nitrogens with one attached hydrogen (secondary N) is 1. The van der Waals surface area contributed by atoms with Gasteiger partial charge in [0.2, 0.25) is 0 Å². The van der Waals surface area contributed by atoms with E-state index < -0.39 is 11.6 Å². The lowest BCUT2D eigenvalue weighted by Crippen LogP contribution is -2.31. The van der Waals surface area contributed by atoms with Crippen molar-refractivity contribution in [2.75, 3.05) is 20.3 Å². The maximum absolute atomic E-state index is 13.2. The number of rotatable bonds is 3. The molecular weight excluding hydrogens is 224 g/mol. The zero-order valence-electron chi connectivity index (χ0n) is 9.88. The van der Waals surface area contributed by atoms with Gasteiger partial charge in [0.1, 0.15) is 11.6 Å². The summed E-state index contributed by atoms with van der Waals surface area (Å²) in [6.07, 6.45) is 2.02. The SMILES string of the molecule is CNC(c1cc(F)cc(F)c1)C1CCCOC1. The first-order valence-corrected chi connectivity index (χ1v) is 5.91. The molecule has 1 saturated heterocycles. The van der Waals surface area contributed by atoms with Crippen LogP contribution in [0.5, 0.6) is 0 Å². The molecule has 1 fully saturated rings. The standard InChI is InChI=1S/C13H17F2NO/c1-16-13(9-3-2-4-17-8-9)10-5-11(14)7-12(15)6-10/h5-7,9,13,16H,2-4,8H2,1H3. The summed E-state index contributed by atoms with van der Waals surface area (Å²) >= 11 is 0. The van der Waals surface area contributed by atoms with Gasteiger partial charge in [-0.2, -0.15) is 0 Å². The van der Waals surface area contributed by atoms with E-state index in [1.807, 2.05) is 7.05 Å². The summed E-state index contributed by atoms with van der Waals surface area (Å²) in [5, 5.41) is 3.13. The van der Waals surface area contributed by atoms with Crippen LogP contribution in [0.25, 0.3) is 0 Å². The van der Waals surface area contributed by atoms with E-state index in [4.69, 9.17) is 4.74 Å². The minimum Gasteiger partial charge on any atom is -0.381 e. The van der Waals surface area contributed by atoms with Gasteiger partial charge in [-0.1, -0.05) is 0 Å². The van der Waals surface area contributed by atoms with Gasteiger partial charge in [0.15, 0.2) is 0 Å². The van der Waals surface area contributed by atoms with Crippen LogP contribution in [-0.4, -0.2) is 20.3 Å². The van der Waals surface area contributed by atoms with Crippen molar-refractivity contribution in [3.8, 4) is 0 Å². The lowest BCUT2D eigenvalue weighted by molar-refractivity contribution is 0.0401. The summed E-state index contributed by atoms with van der Waals surface area (Å²) in [5.41, 5.74) is 0.653. The van der Waals surface area contributed by atoms with E-state index in [0.717, 1.165) is 25.5 Å². The Morgan fingerprint density at radius 2 is 2.00 bits per heavy atom. The first-order chi connectivity index (χ1) is 8.20. The summed E-state index contributed by atoms with van der Waals surface area (Å²) in [7, 11) is 1.81. The largest absolute Gasteiger partial charge is 0.381 e. The highest BCUT2D eigenvalue weighted by Gasteiger charge is 2.25. The number of hydrogen-bond donors (Lipinski definition) is 1. The highest BCUT2D eigenvalue weighted by Crippen LogP contribution is 2.29. The van der Waals surface area contributed by atoms with Gasteiger partial charge in [-0.25, -0.2) is 8.78 Å². The fraction of sp³-hybridized carbons (Fsp3) is 0.538. The molecule has 94 valence electrons. The third kappa shape index (κ3) is 3.01. The van der Waals surface area contributed by atoms with Gasteiger partial charge in [-0.15, -0.1) is 0 Å². The third-order valence-electron chi connectivity index (χ3n) is 3.22. The maximum atomic E-state index is 13.2. The average Bonchev–Trinajstić information content (AvgIpc) is 2.30. The van der Waals surface area contributed by atoms with Crippen LogP contribution in [0.15, 0.2) is 18.2 Å². The molecule has 0 bridgehead atoms. The normalized spacial score (nSPS) is 22.4. The molecule has 2 unspecified atom stereocenters. The van der Waals surface area contributed by atoms with Crippen LogP contribution in [0.2, 0.25) is 0 Å². The van der Waals surface area contributed by atoms with Crippen molar-refractivity contribution in [1.82, 2.24) is 5.32 Å². The summed E-state index contributed by atoms with van der Waals surface area (Å²) in [4.78, 5) is 0. The van der Waals surface area contributed by atoms with Crippen LogP contribution in [0, 0.1) is 17.6 Å². The van der Waals surface area contributed by atoms with Gasteiger partial charge in [-0.3, -0.25) is 0 Å². The molecule has 4 heteroatoms. The van der Waals surface area contributed by atoms with E-state index >= 15 is 0 Å². The molecule has 2 nitrogen and oxygen atoms in total. The van der Waals surface area contributed by atoms with Gasteiger partial charge in [0.05, 0.1) is 6.61 Å². The molecule has 2 rings (SSSR count). The smallest absolute Gasteiger partial charge is 0.126 e. The molecule has 0 spiro atoms. The molecule has 0 aromatic heterocycles. The molecule has 1 N–H and O–H groups in total. The van der Waals surface area contributed by atoms with Crippen molar-refractivity contribution < 1.29 is 13.5 Å². The van der Waals surface area contributed by atoms with Crippen LogP contribution in [-0.2, 0) is 4.74 Å². The van der Waals surface area contributed by atoms with E-state index in [1.165, 1.54) is 12.1 Å². The van der Waals surface area contributed by atoms with Gasteiger partial charge in [-0.05, 0) is 37.6 Å². The topological polar surface area (TPSA) is 21.3 Å². The Morgan fingerprint density at radius 3 is 2.53 bits per heavy atom. The van der Waals surface area contributed by atoms with E-state index in [0.29, 0.717) is 12.2 Å². The van der Waals surface area contributed by atoms with Crippen LogP contribution in [0.3, 0.4) is 0 Å². The molecule has 1 aliphatic heterocycles. The zero-order valence-corrected chi connectivity index (χ0v) is 9.88. The molecule has 1 aromatic carbocycles. The molecule has 1 aliphatic rings. The first kappa shape index (κ1) is 12.5. The average molecular weight is 241 g/mol. The second-order valence-electron chi connectivity index (χ2n) is 4.45. The Hall–Kier alpha value is -1.00. The van der Waals surface area contributed by atoms with Crippen LogP contribution in [0.1, 0.15) is 24.4 Å². The Morgan fingerprint density at radius 1 is 1.29 bits per heavy atom. The lowest BCUT2D eigenvalue weighted by atomic mass is 9.89. The molecule has 0 saturated carbocycles. The van der Waals surface area contributed by atoms with E-state index in [-0.39, 0.29) is 12.0 Å². The highest BCUT2D eigenvalue weighted by atomic mass is 19.1. The predicted molar refractivity (Wildman–Crippen MR) is 61.7 cm³/mol. The molecule has 1 aromatic rings. The number of halogens is 2. The predicted octanol–water partition coefficient (Wildman–Crippen LogP) is 2.65. The number of ether oxygens (including phenoxy) is 1. The third-order valence-corrected chi connectivity index (χ3v) is 3.22. The summed E-state index contributed by atoms with van der Waals surface area (Å²) in [5.74, 6) is -0.788. The highest BCUT2D eigenvalue weighted by molar-refractivity contribution is 5.22. The van der Waals surface area contributed by atoms with E-state index in [1.54, 1.807) is 0 Å². The fourth-order valence-corrected chi connectivity index (χ4v) is 2.46.